The highest BCUT2D eigenvalue weighted by Gasteiger charge is 2.20. The van der Waals surface area contributed by atoms with E-state index in [0.717, 1.165) is 26.2 Å². The fourth-order valence-electron chi connectivity index (χ4n) is 3.19. The Labute approximate surface area is 143 Å². The van der Waals surface area contributed by atoms with Gasteiger partial charge in [-0.3, -0.25) is 14.7 Å². The lowest BCUT2D eigenvalue weighted by Crippen LogP contribution is -2.46. The van der Waals surface area contributed by atoms with Gasteiger partial charge >= 0.3 is 0 Å². The highest BCUT2D eigenvalue weighted by molar-refractivity contribution is 5.77. The number of benzene rings is 1. The molecule has 0 amide bonds. The van der Waals surface area contributed by atoms with Crippen molar-refractivity contribution in [1.29, 1.82) is 0 Å². The number of nitrogens with one attached hydrogen (secondary N) is 1. The molecule has 6 nitrogen and oxygen atoms in total. The molecule has 1 aliphatic rings. The van der Waals surface area contributed by atoms with E-state index in [2.05, 4.69) is 19.9 Å². The highest BCUT2D eigenvalue weighted by atomic mass is 19.1. The summed E-state index contributed by atoms with van der Waals surface area (Å²) in [5.74, 6) is 0.365. The Morgan fingerprint density at radius 1 is 1.12 bits per heavy atom. The molecule has 3 heterocycles. The number of anilines is 1. The van der Waals surface area contributed by atoms with Crippen molar-refractivity contribution in [2.24, 2.45) is 0 Å². The first-order valence-electron chi connectivity index (χ1n) is 8.25. The molecule has 2 aromatic heterocycles. The number of hydrogen-bond acceptors (Lipinski definition) is 5. The number of rotatable bonds is 3. The van der Waals surface area contributed by atoms with Crippen molar-refractivity contribution in [3.63, 3.8) is 0 Å². The minimum atomic E-state index is -0.295. The largest absolute Gasteiger partial charge is 0.367 e. The second-order valence-electron chi connectivity index (χ2n) is 6.12. The second kappa shape index (κ2) is 6.60. The summed E-state index contributed by atoms with van der Waals surface area (Å²) in [5.41, 5.74) is 1.18. The van der Waals surface area contributed by atoms with Gasteiger partial charge in [-0.1, -0.05) is 12.1 Å². The maximum absolute atomic E-state index is 13.8. The number of pyridine rings is 1. The lowest BCUT2D eigenvalue weighted by molar-refractivity contribution is 0.243. The van der Waals surface area contributed by atoms with Gasteiger partial charge in [-0.2, -0.15) is 0 Å². The summed E-state index contributed by atoms with van der Waals surface area (Å²) in [6, 6.07) is 9.02. The van der Waals surface area contributed by atoms with E-state index in [0.29, 0.717) is 29.0 Å². The Morgan fingerprint density at radius 3 is 2.72 bits per heavy atom. The number of para-hydroxylation sites is 1. The molecule has 1 fully saturated rings. The minimum absolute atomic E-state index is 0.113. The first-order chi connectivity index (χ1) is 12.2. The van der Waals surface area contributed by atoms with Crippen LogP contribution in [0.25, 0.3) is 10.9 Å². The average molecular weight is 339 g/mol. The SMILES string of the molecule is O=c1[nH]c(CN2CCN(c3ccncc3F)CC2)nc2ccccc12. The maximum Gasteiger partial charge on any atom is 0.258 e. The number of piperazine rings is 1. The molecule has 3 aromatic rings. The average Bonchev–Trinajstić information content (AvgIpc) is 2.63. The normalized spacial score (nSPS) is 15.6. The van der Waals surface area contributed by atoms with Gasteiger partial charge in [0.05, 0.1) is 29.3 Å². The zero-order chi connectivity index (χ0) is 17.2. The molecule has 0 saturated carbocycles. The quantitative estimate of drug-likeness (QED) is 0.788. The number of H-pyrrole nitrogens is 1. The van der Waals surface area contributed by atoms with E-state index < -0.39 is 0 Å². The van der Waals surface area contributed by atoms with E-state index in [1.807, 2.05) is 23.1 Å². The van der Waals surface area contributed by atoms with Crippen LogP contribution in [-0.2, 0) is 6.54 Å². The van der Waals surface area contributed by atoms with Gasteiger partial charge in [0, 0.05) is 32.4 Å². The first-order valence-corrected chi connectivity index (χ1v) is 8.25. The van der Waals surface area contributed by atoms with Crippen molar-refractivity contribution in [3.05, 3.63) is 64.7 Å². The lowest BCUT2D eigenvalue weighted by Gasteiger charge is -2.35. The van der Waals surface area contributed by atoms with Crippen molar-refractivity contribution in [3.8, 4) is 0 Å². The van der Waals surface area contributed by atoms with Crippen molar-refractivity contribution < 1.29 is 4.39 Å². The van der Waals surface area contributed by atoms with Crippen LogP contribution in [0.15, 0.2) is 47.5 Å². The molecule has 7 heteroatoms. The van der Waals surface area contributed by atoms with Gasteiger partial charge in [0.15, 0.2) is 5.82 Å². The number of halogens is 1. The first kappa shape index (κ1) is 15.7. The van der Waals surface area contributed by atoms with E-state index in [1.165, 1.54) is 6.20 Å². The summed E-state index contributed by atoms with van der Waals surface area (Å²) in [6.45, 7) is 3.57. The lowest BCUT2D eigenvalue weighted by atomic mass is 10.2. The monoisotopic (exact) mass is 339 g/mol. The van der Waals surface area contributed by atoms with Gasteiger partial charge in [-0.05, 0) is 18.2 Å². The Bertz CT molecular complexity index is 949. The number of aromatic nitrogens is 3. The predicted molar refractivity (Wildman–Crippen MR) is 94.0 cm³/mol. The number of fused-ring (bicyclic) bond motifs is 1. The predicted octanol–water partition coefficient (Wildman–Crippen LogP) is 1.78. The Hall–Kier alpha value is -2.80. The van der Waals surface area contributed by atoms with Crippen LogP contribution in [0.5, 0.6) is 0 Å². The summed E-state index contributed by atoms with van der Waals surface area (Å²) >= 11 is 0. The zero-order valence-electron chi connectivity index (χ0n) is 13.7. The van der Waals surface area contributed by atoms with Crippen molar-refractivity contribution in [2.45, 2.75) is 6.54 Å². The molecule has 1 aromatic carbocycles. The second-order valence-corrected chi connectivity index (χ2v) is 6.12. The van der Waals surface area contributed by atoms with Crippen LogP contribution in [0.3, 0.4) is 0 Å². The molecule has 0 aliphatic carbocycles. The van der Waals surface area contributed by atoms with Crippen molar-refractivity contribution in [1.82, 2.24) is 19.9 Å². The van der Waals surface area contributed by atoms with Crippen LogP contribution >= 0.6 is 0 Å². The van der Waals surface area contributed by atoms with Crippen LogP contribution in [0.2, 0.25) is 0 Å². The van der Waals surface area contributed by atoms with Gasteiger partial charge < -0.3 is 9.88 Å². The molecule has 0 unspecified atom stereocenters. The summed E-state index contributed by atoms with van der Waals surface area (Å²) in [6.07, 6.45) is 2.85. The summed E-state index contributed by atoms with van der Waals surface area (Å²) < 4.78 is 13.8. The molecule has 25 heavy (non-hydrogen) atoms. The zero-order valence-corrected chi connectivity index (χ0v) is 13.7. The van der Waals surface area contributed by atoms with Crippen LogP contribution in [-0.4, -0.2) is 46.0 Å². The fraction of sp³-hybridized carbons (Fsp3) is 0.278. The third-order valence-electron chi connectivity index (χ3n) is 4.50. The molecule has 0 bridgehead atoms. The van der Waals surface area contributed by atoms with Crippen molar-refractivity contribution >= 4 is 16.6 Å². The molecule has 128 valence electrons. The van der Waals surface area contributed by atoms with E-state index in [4.69, 9.17) is 0 Å². The smallest absolute Gasteiger partial charge is 0.258 e. The van der Waals surface area contributed by atoms with Crippen LogP contribution in [0, 0.1) is 5.82 Å². The minimum Gasteiger partial charge on any atom is -0.367 e. The highest BCUT2D eigenvalue weighted by Crippen LogP contribution is 2.19. The van der Waals surface area contributed by atoms with E-state index in [-0.39, 0.29) is 11.4 Å². The molecular weight excluding hydrogens is 321 g/mol. The summed E-state index contributed by atoms with van der Waals surface area (Å²) in [5, 5.41) is 0.601. The van der Waals surface area contributed by atoms with Crippen LogP contribution in [0.1, 0.15) is 5.82 Å². The molecule has 1 saturated heterocycles. The third-order valence-corrected chi connectivity index (χ3v) is 4.50. The molecule has 0 atom stereocenters. The molecular formula is C18H18FN5O. The Balaban J connectivity index is 1.45. The fourth-order valence-corrected chi connectivity index (χ4v) is 3.19. The van der Waals surface area contributed by atoms with E-state index in [1.54, 1.807) is 18.3 Å². The van der Waals surface area contributed by atoms with Gasteiger partial charge in [0.2, 0.25) is 0 Å². The molecule has 0 spiro atoms. The Morgan fingerprint density at radius 2 is 1.92 bits per heavy atom. The Kier molecular flexibility index (Phi) is 4.15. The van der Waals surface area contributed by atoms with Gasteiger partial charge in [-0.25, -0.2) is 9.37 Å². The summed E-state index contributed by atoms with van der Waals surface area (Å²) in [7, 11) is 0. The number of nitrogens with zero attached hydrogens (tertiary/aromatic N) is 4. The maximum atomic E-state index is 13.8. The van der Waals surface area contributed by atoms with E-state index >= 15 is 0 Å². The van der Waals surface area contributed by atoms with E-state index in [9.17, 15) is 9.18 Å². The van der Waals surface area contributed by atoms with Crippen LogP contribution < -0.4 is 10.5 Å². The van der Waals surface area contributed by atoms with Gasteiger partial charge in [-0.15, -0.1) is 0 Å². The van der Waals surface area contributed by atoms with Gasteiger partial charge in [0.1, 0.15) is 5.82 Å². The molecule has 1 aliphatic heterocycles. The van der Waals surface area contributed by atoms with Crippen molar-refractivity contribution in [2.75, 3.05) is 31.1 Å². The van der Waals surface area contributed by atoms with Crippen LogP contribution in [0.4, 0.5) is 10.1 Å². The molecule has 1 N–H and O–H groups in total. The molecule has 0 radical (unpaired) electrons. The van der Waals surface area contributed by atoms with Gasteiger partial charge in [0.25, 0.3) is 5.56 Å². The number of aromatic amines is 1. The topological polar surface area (TPSA) is 65.1 Å². The standard InChI is InChI=1S/C18H18FN5O/c19-14-11-20-6-5-16(14)24-9-7-23(8-10-24)12-17-21-15-4-2-1-3-13(15)18(25)22-17/h1-6,11H,7-10,12H2,(H,21,22,25). The summed E-state index contributed by atoms with van der Waals surface area (Å²) in [4.78, 5) is 27.6. The third kappa shape index (κ3) is 3.23. The molecule has 4 rings (SSSR count). The number of hydrogen-bond donors (Lipinski definition) is 1.